The van der Waals surface area contributed by atoms with Gasteiger partial charge in [0.05, 0.1) is 11.6 Å². The Bertz CT molecular complexity index is 201. The average molecular weight is 165 g/mol. The number of rotatable bonds is 0. The molecule has 1 aromatic carbocycles. The van der Waals surface area contributed by atoms with Crippen LogP contribution in [-0.4, -0.2) is 12.2 Å². The van der Waals surface area contributed by atoms with E-state index in [1.807, 2.05) is 38.1 Å². The molecule has 0 atom stereocenters. The molecule has 12 heavy (non-hydrogen) atoms. The zero-order valence-corrected chi connectivity index (χ0v) is 7.78. The first kappa shape index (κ1) is 13.3. The van der Waals surface area contributed by atoms with Gasteiger partial charge in [-0.1, -0.05) is 32.0 Å². The lowest BCUT2D eigenvalue weighted by molar-refractivity contribution is 0.399. The predicted molar refractivity (Wildman–Crippen MR) is 50.6 cm³/mol. The van der Waals surface area contributed by atoms with Gasteiger partial charge in [-0.2, -0.15) is 5.26 Å². The second kappa shape index (κ2) is 12.4. The normalized spacial score (nSPS) is 6.25. The van der Waals surface area contributed by atoms with Crippen molar-refractivity contribution in [2.45, 2.75) is 13.8 Å². The molecule has 0 aliphatic rings. The van der Waals surface area contributed by atoms with E-state index in [1.165, 1.54) is 0 Å². The second-order valence-electron chi connectivity index (χ2n) is 1.48. The maximum Gasteiger partial charge on any atom is 0.0991 e. The molecule has 66 valence electrons. The third kappa shape index (κ3) is 6.79. The van der Waals surface area contributed by atoms with Gasteiger partial charge in [-0.25, -0.2) is 0 Å². The number of nitrogens with zero attached hydrogens (tertiary/aromatic N) is 1. The highest BCUT2D eigenvalue weighted by Gasteiger charge is 1.79. The van der Waals surface area contributed by atoms with Crippen molar-refractivity contribution in [3.8, 4) is 6.07 Å². The summed E-state index contributed by atoms with van der Waals surface area (Å²) in [4.78, 5) is 0. The lowest BCUT2D eigenvalue weighted by atomic mass is 10.2. The maximum absolute atomic E-state index is 8.29. The van der Waals surface area contributed by atoms with E-state index in [-0.39, 0.29) is 0 Å². The van der Waals surface area contributed by atoms with Crippen LogP contribution in [0.15, 0.2) is 30.3 Å². The van der Waals surface area contributed by atoms with Gasteiger partial charge in [-0.05, 0) is 12.1 Å². The quantitative estimate of drug-likeness (QED) is 0.640. The smallest absolute Gasteiger partial charge is 0.0991 e. The summed E-state index contributed by atoms with van der Waals surface area (Å²) in [5.41, 5.74) is 0.715. The standard InChI is InChI=1S/C7H5N.C2H6.CH4O/c8-6-7-4-2-1-3-5-7;2*1-2/h1-5H;1-2H3;2H,1H3. The largest absolute Gasteiger partial charge is 0.400 e. The SMILES string of the molecule is CC.CO.N#Cc1ccccc1. The van der Waals surface area contributed by atoms with Gasteiger partial charge in [0.1, 0.15) is 0 Å². The van der Waals surface area contributed by atoms with Crippen molar-refractivity contribution in [1.29, 1.82) is 5.26 Å². The first-order valence-corrected chi connectivity index (χ1v) is 3.83. The predicted octanol–water partition coefficient (Wildman–Crippen LogP) is 2.19. The average Bonchev–Trinajstić information content (AvgIpc) is 2.25. The van der Waals surface area contributed by atoms with E-state index in [1.54, 1.807) is 12.1 Å². The molecule has 2 nitrogen and oxygen atoms in total. The minimum absolute atomic E-state index is 0.715. The van der Waals surface area contributed by atoms with E-state index in [9.17, 15) is 0 Å². The van der Waals surface area contributed by atoms with E-state index in [0.717, 1.165) is 7.11 Å². The van der Waals surface area contributed by atoms with Crippen molar-refractivity contribution in [2.24, 2.45) is 0 Å². The molecule has 0 saturated heterocycles. The van der Waals surface area contributed by atoms with Gasteiger partial charge in [-0.15, -0.1) is 0 Å². The molecular formula is C10H15NO. The highest BCUT2D eigenvalue weighted by Crippen LogP contribution is 1.92. The molecule has 0 aromatic heterocycles. The van der Waals surface area contributed by atoms with Crippen molar-refractivity contribution < 1.29 is 5.11 Å². The van der Waals surface area contributed by atoms with Crippen LogP contribution < -0.4 is 0 Å². The number of hydrogen-bond acceptors (Lipinski definition) is 2. The van der Waals surface area contributed by atoms with Gasteiger partial charge in [-0.3, -0.25) is 0 Å². The van der Waals surface area contributed by atoms with Crippen LogP contribution in [0.5, 0.6) is 0 Å². The molecule has 0 saturated carbocycles. The molecule has 1 aromatic rings. The molecule has 0 unspecified atom stereocenters. The molecular weight excluding hydrogens is 150 g/mol. The highest BCUT2D eigenvalue weighted by atomic mass is 16.2. The maximum atomic E-state index is 8.29. The van der Waals surface area contributed by atoms with Gasteiger partial charge in [0.2, 0.25) is 0 Å². The first-order chi connectivity index (χ1) is 5.93. The minimum Gasteiger partial charge on any atom is -0.400 e. The summed E-state index contributed by atoms with van der Waals surface area (Å²) in [6, 6.07) is 11.2. The zero-order valence-electron chi connectivity index (χ0n) is 7.78. The summed E-state index contributed by atoms with van der Waals surface area (Å²) in [6.07, 6.45) is 0. The number of hydrogen-bond donors (Lipinski definition) is 1. The van der Waals surface area contributed by atoms with E-state index in [0.29, 0.717) is 5.56 Å². The Morgan fingerprint density at radius 2 is 1.50 bits per heavy atom. The summed E-state index contributed by atoms with van der Waals surface area (Å²) in [7, 11) is 1.00. The molecule has 2 heteroatoms. The van der Waals surface area contributed by atoms with Crippen LogP contribution in [0.2, 0.25) is 0 Å². The monoisotopic (exact) mass is 165 g/mol. The van der Waals surface area contributed by atoms with Crippen molar-refractivity contribution >= 4 is 0 Å². The third-order valence-corrected chi connectivity index (χ3v) is 0.903. The second-order valence-corrected chi connectivity index (χ2v) is 1.48. The zero-order chi connectivity index (χ0) is 9.82. The molecule has 0 aliphatic carbocycles. The highest BCUT2D eigenvalue weighted by molar-refractivity contribution is 5.27. The van der Waals surface area contributed by atoms with Crippen molar-refractivity contribution in [3.05, 3.63) is 35.9 Å². The van der Waals surface area contributed by atoms with Crippen molar-refractivity contribution in [2.75, 3.05) is 7.11 Å². The summed E-state index contributed by atoms with van der Waals surface area (Å²) in [6.45, 7) is 4.00. The van der Waals surface area contributed by atoms with Gasteiger partial charge >= 0.3 is 0 Å². The Kier molecular flexibility index (Phi) is 13.7. The lowest BCUT2D eigenvalue weighted by Gasteiger charge is -1.80. The Morgan fingerprint density at radius 3 is 1.75 bits per heavy atom. The van der Waals surface area contributed by atoms with Crippen molar-refractivity contribution in [3.63, 3.8) is 0 Å². The topological polar surface area (TPSA) is 44.0 Å². The summed E-state index contributed by atoms with van der Waals surface area (Å²) in [5.74, 6) is 0. The minimum atomic E-state index is 0.715. The Morgan fingerprint density at radius 1 is 1.08 bits per heavy atom. The van der Waals surface area contributed by atoms with E-state index < -0.39 is 0 Å². The third-order valence-electron chi connectivity index (χ3n) is 0.903. The molecule has 0 radical (unpaired) electrons. The van der Waals surface area contributed by atoms with Gasteiger partial charge in [0.25, 0.3) is 0 Å². The van der Waals surface area contributed by atoms with E-state index in [4.69, 9.17) is 10.4 Å². The van der Waals surface area contributed by atoms with Crippen LogP contribution in [0.3, 0.4) is 0 Å². The Balaban J connectivity index is 0. The van der Waals surface area contributed by atoms with Gasteiger partial charge in [0.15, 0.2) is 0 Å². The fraction of sp³-hybridized carbons (Fsp3) is 0.300. The molecule has 0 amide bonds. The van der Waals surface area contributed by atoms with Crippen LogP contribution in [0.1, 0.15) is 19.4 Å². The number of aliphatic hydroxyl groups is 1. The molecule has 1 rings (SSSR count). The fourth-order valence-electron chi connectivity index (χ4n) is 0.513. The number of nitriles is 1. The molecule has 0 aliphatic heterocycles. The van der Waals surface area contributed by atoms with Crippen LogP contribution in [0, 0.1) is 11.3 Å². The number of benzene rings is 1. The summed E-state index contributed by atoms with van der Waals surface area (Å²) in [5, 5.41) is 15.3. The Labute approximate surface area is 74.1 Å². The Hall–Kier alpha value is -1.33. The van der Waals surface area contributed by atoms with Crippen LogP contribution >= 0.6 is 0 Å². The molecule has 1 N–H and O–H groups in total. The lowest BCUT2D eigenvalue weighted by Crippen LogP contribution is -1.66. The first-order valence-electron chi connectivity index (χ1n) is 3.83. The molecule has 0 spiro atoms. The van der Waals surface area contributed by atoms with Crippen LogP contribution in [-0.2, 0) is 0 Å². The van der Waals surface area contributed by atoms with Gasteiger partial charge < -0.3 is 5.11 Å². The summed E-state index contributed by atoms with van der Waals surface area (Å²) >= 11 is 0. The molecule has 0 fully saturated rings. The molecule has 0 bridgehead atoms. The van der Waals surface area contributed by atoms with Crippen LogP contribution in [0.25, 0.3) is 0 Å². The summed E-state index contributed by atoms with van der Waals surface area (Å²) < 4.78 is 0. The fourth-order valence-corrected chi connectivity index (χ4v) is 0.513. The van der Waals surface area contributed by atoms with E-state index in [2.05, 4.69) is 0 Å². The molecule has 0 heterocycles. The number of aliphatic hydroxyl groups excluding tert-OH is 1. The van der Waals surface area contributed by atoms with E-state index >= 15 is 0 Å². The van der Waals surface area contributed by atoms with Crippen LogP contribution in [0.4, 0.5) is 0 Å². The van der Waals surface area contributed by atoms with Gasteiger partial charge in [0, 0.05) is 7.11 Å². The van der Waals surface area contributed by atoms with Crippen molar-refractivity contribution in [1.82, 2.24) is 0 Å².